The minimum Gasteiger partial charge on any atom is -0.475 e. The highest BCUT2D eigenvalue weighted by atomic mass is 19.4. The van der Waals surface area contributed by atoms with Crippen molar-refractivity contribution in [1.29, 1.82) is 0 Å². The number of ether oxygens (including phenoxy) is 2. The molecule has 2 heterocycles. The van der Waals surface area contributed by atoms with Crippen LogP contribution in [0.1, 0.15) is 67.7 Å². The summed E-state index contributed by atoms with van der Waals surface area (Å²) >= 11 is 0. The molecule has 2 aromatic heterocycles. The Balaban J connectivity index is 1.76. The number of halogens is 7. The number of carbonyl (C=O) groups is 1. The summed E-state index contributed by atoms with van der Waals surface area (Å²) in [5.41, 5.74) is 0.420. The first kappa shape index (κ1) is 32.8. The van der Waals surface area contributed by atoms with Crippen LogP contribution in [0.5, 0.6) is 11.5 Å². The van der Waals surface area contributed by atoms with E-state index in [1.807, 2.05) is 20.8 Å². The van der Waals surface area contributed by atoms with Crippen LogP contribution in [-0.4, -0.2) is 49.4 Å². The number of aromatic carboxylic acids is 1. The molecule has 0 amide bonds. The van der Waals surface area contributed by atoms with E-state index in [0.29, 0.717) is 5.56 Å². The van der Waals surface area contributed by atoms with E-state index in [1.165, 1.54) is 16.7 Å². The zero-order chi connectivity index (χ0) is 33.6. The Morgan fingerprint density at radius 3 is 2.20 bits per heavy atom. The number of carboxylic acid groups (broad SMARTS) is 1. The molecule has 1 aliphatic carbocycles. The third-order valence-electron chi connectivity index (χ3n) is 7.72. The summed E-state index contributed by atoms with van der Waals surface area (Å²) in [4.78, 5) is 24.6. The van der Waals surface area contributed by atoms with Gasteiger partial charge in [0.25, 0.3) is 0 Å². The summed E-state index contributed by atoms with van der Waals surface area (Å²) in [6.07, 6.45) is -7.42. The molecule has 1 fully saturated rings. The summed E-state index contributed by atoms with van der Waals surface area (Å²) in [5, 5.41) is 12.9. The lowest BCUT2D eigenvalue weighted by Gasteiger charge is -2.32. The highest BCUT2D eigenvalue weighted by Crippen LogP contribution is 2.39. The third kappa shape index (κ3) is 7.26. The van der Waals surface area contributed by atoms with Gasteiger partial charge in [-0.3, -0.25) is 0 Å². The number of hydrogen-bond donors (Lipinski definition) is 2. The van der Waals surface area contributed by atoms with E-state index in [1.54, 1.807) is 0 Å². The molecule has 0 bridgehead atoms. The molecule has 9 nitrogen and oxygen atoms in total. The SMILES string of the molecule is CC(C)c1ccc(OC(F)(F)F)c(-c2nc3nc(C(=O)O)nc(N[C@H](C)C4CCC4)c3n2Cc2ccc(OC(F)(F)F)c(F)c2)c1. The Morgan fingerprint density at radius 1 is 0.978 bits per heavy atom. The number of alkyl halides is 6. The van der Waals surface area contributed by atoms with E-state index in [2.05, 4.69) is 29.7 Å². The molecule has 1 atom stereocenters. The summed E-state index contributed by atoms with van der Waals surface area (Å²) in [6, 6.07) is 6.50. The normalized spacial score (nSPS) is 14.8. The topological polar surface area (TPSA) is 111 Å². The second kappa shape index (κ2) is 12.3. The summed E-state index contributed by atoms with van der Waals surface area (Å²) < 4.78 is 103. The van der Waals surface area contributed by atoms with Crippen LogP contribution >= 0.6 is 0 Å². The van der Waals surface area contributed by atoms with E-state index in [9.17, 15) is 40.6 Å². The van der Waals surface area contributed by atoms with Gasteiger partial charge in [0, 0.05) is 12.6 Å². The third-order valence-corrected chi connectivity index (χ3v) is 7.72. The van der Waals surface area contributed by atoms with Crippen molar-refractivity contribution in [1.82, 2.24) is 19.5 Å². The fraction of sp³-hybridized carbons (Fsp3) is 0.400. The molecule has 46 heavy (non-hydrogen) atoms. The van der Waals surface area contributed by atoms with Gasteiger partial charge in [0.1, 0.15) is 17.1 Å². The van der Waals surface area contributed by atoms with Crippen LogP contribution in [-0.2, 0) is 6.54 Å². The van der Waals surface area contributed by atoms with E-state index < -0.39 is 41.8 Å². The number of imidazole rings is 1. The van der Waals surface area contributed by atoms with Gasteiger partial charge >= 0.3 is 18.7 Å². The quantitative estimate of drug-likeness (QED) is 0.166. The van der Waals surface area contributed by atoms with E-state index in [-0.39, 0.29) is 58.4 Å². The average Bonchev–Trinajstić information content (AvgIpc) is 3.25. The molecule has 1 aliphatic rings. The van der Waals surface area contributed by atoms with Gasteiger partial charge in [0.05, 0.1) is 5.56 Å². The van der Waals surface area contributed by atoms with Gasteiger partial charge in [-0.2, -0.15) is 0 Å². The molecule has 0 saturated heterocycles. The van der Waals surface area contributed by atoms with E-state index in [0.717, 1.165) is 43.5 Å². The number of nitrogens with one attached hydrogen (secondary N) is 1. The van der Waals surface area contributed by atoms with Crippen LogP contribution in [0.15, 0.2) is 36.4 Å². The first-order chi connectivity index (χ1) is 21.5. The number of anilines is 1. The Bertz CT molecular complexity index is 1770. The highest BCUT2D eigenvalue weighted by Gasteiger charge is 2.35. The zero-order valence-corrected chi connectivity index (χ0v) is 24.6. The lowest BCUT2D eigenvalue weighted by molar-refractivity contribution is -0.276. The molecule has 5 rings (SSSR count). The monoisotopic (exact) mass is 655 g/mol. The predicted octanol–water partition coefficient (Wildman–Crippen LogP) is 7.90. The van der Waals surface area contributed by atoms with Crippen molar-refractivity contribution < 1.29 is 50.1 Å². The Hall–Kier alpha value is -4.63. The molecular formula is C30H28F7N5O4. The largest absolute Gasteiger partial charge is 0.573 e. The highest BCUT2D eigenvalue weighted by molar-refractivity contribution is 5.92. The number of aromatic nitrogens is 4. The Kier molecular flexibility index (Phi) is 8.75. The van der Waals surface area contributed by atoms with Crippen LogP contribution in [0.3, 0.4) is 0 Å². The minimum absolute atomic E-state index is 0.0105. The summed E-state index contributed by atoms with van der Waals surface area (Å²) in [6.45, 7) is 5.15. The van der Waals surface area contributed by atoms with E-state index in [4.69, 9.17) is 0 Å². The molecule has 2 N–H and O–H groups in total. The van der Waals surface area contributed by atoms with Gasteiger partial charge in [-0.15, -0.1) is 26.3 Å². The Labute approximate surface area is 257 Å². The van der Waals surface area contributed by atoms with Crippen molar-refractivity contribution in [2.24, 2.45) is 5.92 Å². The fourth-order valence-corrected chi connectivity index (χ4v) is 5.19. The molecule has 246 valence electrons. The second-order valence-corrected chi connectivity index (χ2v) is 11.3. The maximum absolute atomic E-state index is 14.8. The molecule has 0 aliphatic heterocycles. The first-order valence-electron chi connectivity index (χ1n) is 14.2. The molecule has 0 radical (unpaired) electrons. The molecular weight excluding hydrogens is 627 g/mol. The predicted molar refractivity (Wildman–Crippen MR) is 151 cm³/mol. The number of nitrogens with zero attached hydrogens (tertiary/aromatic N) is 4. The van der Waals surface area contributed by atoms with Crippen molar-refractivity contribution >= 4 is 23.0 Å². The van der Waals surface area contributed by atoms with Crippen molar-refractivity contribution in [3.8, 4) is 22.9 Å². The number of fused-ring (bicyclic) bond motifs is 1. The number of hydrogen-bond acceptors (Lipinski definition) is 7. The first-order valence-corrected chi connectivity index (χ1v) is 14.2. The van der Waals surface area contributed by atoms with Gasteiger partial charge in [0.2, 0.25) is 5.82 Å². The van der Waals surface area contributed by atoms with Gasteiger partial charge in [-0.1, -0.05) is 32.4 Å². The molecule has 0 spiro atoms. The van der Waals surface area contributed by atoms with Crippen LogP contribution < -0.4 is 14.8 Å². The van der Waals surface area contributed by atoms with Crippen LogP contribution in [0.4, 0.5) is 36.6 Å². The van der Waals surface area contributed by atoms with Gasteiger partial charge in [0.15, 0.2) is 23.0 Å². The van der Waals surface area contributed by atoms with Crippen LogP contribution in [0.25, 0.3) is 22.6 Å². The van der Waals surface area contributed by atoms with Crippen molar-refractivity contribution in [3.63, 3.8) is 0 Å². The smallest absolute Gasteiger partial charge is 0.475 e. The summed E-state index contributed by atoms with van der Waals surface area (Å²) in [7, 11) is 0. The molecule has 4 aromatic rings. The standard InChI is InChI=1S/C30H28F7N5O4/c1-14(2)18-8-10-21(45-29(32,33)34)19(12-18)27-41-25-23(24(39-26(40-25)28(43)44)38-15(3)17-5-4-6-17)42(27)13-16-7-9-22(20(31)11-16)46-30(35,36)37/h7-12,14-15,17H,4-6,13H2,1-3H3,(H,43,44)(H,38,39,40)/t15-/m1/s1. The van der Waals surface area contributed by atoms with Gasteiger partial charge in [-0.05, 0) is 67.0 Å². The average molecular weight is 656 g/mol. The van der Waals surface area contributed by atoms with Crippen LogP contribution in [0.2, 0.25) is 0 Å². The van der Waals surface area contributed by atoms with E-state index >= 15 is 0 Å². The van der Waals surface area contributed by atoms with Crippen molar-refractivity contribution in [2.45, 2.75) is 71.3 Å². The molecule has 0 unspecified atom stereocenters. The maximum Gasteiger partial charge on any atom is 0.573 e. The van der Waals surface area contributed by atoms with Gasteiger partial charge in [-0.25, -0.2) is 24.1 Å². The number of benzene rings is 2. The maximum atomic E-state index is 14.8. The Morgan fingerprint density at radius 2 is 1.63 bits per heavy atom. The zero-order valence-electron chi connectivity index (χ0n) is 24.6. The minimum atomic E-state index is -5.15. The van der Waals surface area contributed by atoms with Crippen LogP contribution in [0, 0.1) is 11.7 Å². The van der Waals surface area contributed by atoms with Crippen molar-refractivity contribution in [3.05, 3.63) is 59.2 Å². The second-order valence-electron chi connectivity index (χ2n) is 11.3. The molecule has 2 aromatic carbocycles. The lowest BCUT2D eigenvalue weighted by atomic mass is 9.80. The molecule has 1 saturated carbocycles. The lowest BCUT2D eigenvalue weighted by Crippen LogP contribution is -2.31. The van der Waals surface area contributed by atoms with Crippen molar-refractivity contribution in [2.75, 3.05) is 5.32 Å². The fourth-order valence-electron chi connectivity index (χ4n) is 5.19. The number of carboxylic acids is 1. The number of rotatable bonds is 10. The molecule has 16 heteroatoms. The summed E-state index contributed by atoms with van der Waals surface area (Å²) in [5.74, 6) is -5.23. The van der Waals surface area contributed by atoms with Gasteiger partial charge < -0.3 is 24.5 Å².